The Morgan fingerprint density at radius 1 is 0.950 bits per heavy atom. The number of unbranched alkanes of at least 4 members (excludes halogenated alkanes) is 1. The summed E-state index contributed by atoms with van der Waals surface area (Å²) in [6.07, 6.45) is 5.75. The van der Waals surface area contributed by atoms with Gasteiger partial charge in [0.15, 0.2) is 0 Å². The summed E-state index contributed by atoms with van der Waals surface area (Å²) in [7, 11) is 0. The molecule has 0 aromatic carbocycles. The normalized spacial score (nSPS) is 11.7. The number of carboxylic acids is 2. The van der Waals surface area contributed by atoms with Gasteiger partial charge in [-0.15, -0.1) is 0 Å². The molecule has 0 bridgehead atoms. The van der Waals surface area contributed by atoms with Gasteiger partial charge in [0, 0.05) is 0 Å². The van der Waals surface area contributed by atoms with Gasteiger partial charge in [0.2, 0.25) is 0 Å². The van der Waals surface area contributed by atoms with Gasteiger partial charge < -0.3 is 21.7 Å². The molecule has 0 amide bonds. The molecule has 1 unspecified atom stereocenters. The molecule has 0 aliphatic heterocycles. The van der Waals surface area contributed by atoms with Crippen molar-refractivity contribution in [3.8, 4) is 0 Å². The Morgan fingerprint density at radius 3 is 1.75 bits per heavy atom. The van der Waals surface area contributed by atoms with Crippen LogP contribution in [0.3, 0.4) is 0 Å². The number of carboxylic acid groups (broad SMARTS) is 2. The minimum atomic E-state index is -0.933. The minimum Gasteiger partial charge on any atom is -0.481 e. The average molecular weight is 290 g/mol. The fraction of sp³-hybridized carbons (Fsp3) is 0.857. The Kier molecular flexibility index (Phi) is 15.1. The van der Waals surface area contributed by atoms with Crippen molar-refractivity contribution in [2.45, 2.75) is 64.8 Å². The number of rotatable bonds is 10. The van der Waals surface area contributed by atoms with Crippen LogP contribution in [0.15, 0.2) is 0 Å². The van der Waals surface area contributed by atoms with Crippen LogP contribution in [0.25, 0.3) is 0 Å². The molecule has 6 heteroatoms. The number of nitrogens with two attached hydrogens (primary N) is 2. The Bertz CT molecular complexity index is 254. The summed E-state index contributed by atoms with van der Waals surface area (Å²) in [6, 6.07) is -0.716. The minimum absolute atomic E-state index is 0.102. The lowest BCUT2D eigenvalue weighted by molar-refractivity contribution is -0.142. The third-order valence-electron chi connectivity index (χ3n) is 2.91. The van der Waals surface area contributed by atoms with Gasteiger partial charge in [0.1, 0.15) is 6.04 Å². The van der Waals surface area contributed by atoms with Crippen molar-refractivity contribution < 1.29 is 19.8 Å². The van der Waals surface area contributed by atoms with Crippen LogP contribution >= 0.6 is 0 Å². The Hall–Kier alpha value is -1.14. The van der Waals surface area contributed by atoms with E-state index in [1.807, 2.05) is 13.8 Å². The predicted octanol–water partition coefficient (Wildman–Crippen LogP) is 1.81. The summed E-state index contributed by atoms with van der Waals surface area (Å²) in [5.41, 5.74) is 10.4. The average Bonchev–Trinajstić information content (AvgIpc) is 2.39. The number of carbonyl (C=O) groups is 2. The van der Waals surface area contributed by atoms with Crippen molar-refractivity contribution in [1.82, 2.24) is 0 Å². The van der Waals surface area contributed by atoms with Crippen LogP contribution in [0, 0.1) is 5.92 Å². The van der Waals surface area contributed by atoms with E-state index in [-0.39, 0.29) is 5.92 Å². The van der Waals surface area contributed by atoms with Crippen molar-refractivity contribution >= 4 is 11.9 Å². The van der Waals surface area contributed by atoms with Crippen LogP contribution < -0.4 is 11.5 Å². The third-order valence-corrected chi connectivity index (χ3v) is 2.91. The lowest BCUT2D eigenvalue weighted by Crippen LogP contribution is -2.29. The summed E-state index contributed by atoms with van der Waals surface area (Å²) in [5.74, 6) is -1.67. The van der Waals surface area contributed by atoms with Gasteiger partial charge in [-0.2, -0.15) is 0 Å². The zero-order chi connectivity index (χ0) is 16.0. The molecule has 1 atom stereocenters. The SMILES string of the molecule is CCCC(CCC)C(=O)O.NCCCCC(N)C(=O)O. The molecule has 0 fully saturated rings. The summed E-state index contributed by atoms with van der Waals surface area (Å²) in [6.45, 7) is 4.64. The molecule has 0 aromatic heterocycles. The summed E-state index contributed by atoms with van der Waals surface area (Å²) in [4.78, 5) is 20.6. The second-order valence-corrected chi connectivity index (χ2v) is 4.84. The van der Waals surface area contributed by atoms with E-state index in [0.29, 0.717) is 13.0 Å². The van der Waals surface area contributed by atoms with Gasteiger partial charge in [-0.05, 0) is 32.2 Å². The van der Waals surface area contributed by atoms with Crippen LogP contribution in [0.5, 0.6) is 0 Å². The highest BCUT2D eigenvalue weighted by atomic mass is 16.4. The van der Waals surface area contributed by atoms with E-state index in [1.165, 1.54) is 0 Å². The molecule has 0 saturated carbocycles. The monoisotopic (exact) mass is 290 g/mol. The summed E-state index contributed by atoms with van der Waals surface area (Å²) in [5, 5.41) is 17.0. The standard InChI is InChI=1S/C8H16O2.C6H14N2O2/c1-3-5-7(6-4-2)8(9)10;7-4-2-1-3-5(8)6(9)10/h7H,3-6H2,1-2H3,(H,9,10);5H,1-4,7-8H2,(H,9,10). The maximum atomic E-state index is 10.5. The van der Waals surface area contributed by atoms with Gasteiger partial charge in [-0.3, -0.25) is 9.59 Å². The third kappa shape index (κ3) is 13.3. The van der Waals surface area contributed by atoms with Crippen molar-refractivity contribution in [3.05, 3.63) is 0 Å². The molecule has 0 rings (SSSR count). The smallest absolute Gasteiger partial charge is 0.320 e. The highest BCUT2D eigenvalue weighted by Crippen LogP contribution is 2.12. The molecular weight excluding hydrogens is 260 g/mol. The molecule has 0 radical (unpaired) electrons. The lowest BCUT2D eigenvalue weighted by atomic mass is 9.99. The van der Waals surface area contributed by atoms with E-state index in [2.05, 4.69) is 0 Å². The Morgan fingerprint density at radius 2 is 1.45 bits per heavy atom. The first-order chi connectivity index (χ1) is 9.40. The lowest BCUT2D eigenvalue weighted by Gasteiger charge is -2.07. The Balaban J connectivity index is 0. The molecule has 20 heavy (non-hydrogen) atoms. The molecular formula is C14H30N2O4. The molecule has 0 saturated heterocycles. The quantitative estimate of drug-likeness (QED) is 0.454. The number of hydrogen-bond donors (Lipinski definition) is 4. The first-order valence-electron chi connectivity index (χ1n) is 7.31. The molecule has 0 aliphatic carbocycles. The zero-order valence-electron chi connectivity index (χ0n) is 12.7. The highest BCUT2D eigenvalue weighted by molar-refractivity contribution is 5.72. The van der Waals surface area contributed by atoms with Crippen LogP contribution in [0.1, 0.15) is 58.8 Å². The second-order valence-electron chi connectivity index (χ2n) is 4.84. The van der Waals surface area contributed by atoms with Crippen LogP contribution in [-0.4, -0.2) is 34.7 Å². The molecule has 6 nitrogen and oxygen atoms in total. The fourth-order valence-corrected chi connectivity index (χ4v) is 1.72. The summed E-state index contributed by atoms with van der Waals surface area (Å²) < 4.78 is 0. The largest absolute Gasteiger partial charge is 0.481 e. The molecule has 6 N–H and O–H groups in total. The van der Waals surface area contributed by atoms with E-state index < -0.39 is 18.0 Å². The predicted molar refractivity (Wildman–Crippen MR) is 79.5 cm³/mol. The van der Waals surface area contributed by atoms with E-state index >= 15 is 0 Å². The number of hydrogen-bond acceptors (Lipinski definition) is 4. The second kappa shape index (κ2) is 14.3. The number of aliphatic carboxylic acids is 2. The first kappa shape index (κ1) is 21.2. The van der Waals surface area contributed by atoms with Gasteiger partial charge >= 0.3 is 11.9 Å². The van der Waals surface area contributed by atoms with Crippen LogP contribution in [0.4, 0.5) is 0 Å². The van der Waals surface area contributed by atoms with E-state index in [9.17, 15) is 9.59 Å². The fourth-order valence-electron chi connectivity index (χ4n) is 1.72. The molecule has 0 spiro atoms. The van der Waals surface area contributed by atoms with Crippen LogP contribution in [0.2, 0.25) is 0 Å². The molecule has 120 valence electrons. The first-order valence-corrected chi connectivity index (χ1v) is 7.31. The van der Waals surface area contributed by atoms with E-state index in [4.69, 9.17) is 21.7 Å². The van der Waals surface area contributed by atoms with Crippen molar-refractivity contribution in [2.24, 2.45) is 17.4 Å². The van der Waals surface area contributed by atoms with E-state index in [0.717, 1.165) is 38.5 Å². The molecule has 0 aliphatic rings. The van der Waals surface area contributed by atoms with Gasteiger partial charge in [0.05, 0.1) is 5.92 Å². The van der Waals surface area contributed by atoms with Gasteiger partial charge in [0.25, 0.3) is 0 Å². The van der Waals surface area contributed by atoms with Gasteiger partial charge in [-0.1, -0.05) is 33.1 Å². The Labute approximate surface area is 121 Å². The van der Waals surface area contributed by atoms with Crippen LogP contribution in [-0.2, 0) is 9.59 Å². The molecule has 0 heterocycles. The van der Waals surface area contributed by atoms with Crippen molar-refractivity contribution in [1.29, 1.82) is 0 Å². The zero-order valence-corrected chi connectivity index (χ0v) is 12.7. The van der Waals surface area contributed by atoms with Crippen molar-refractivity contribution in [2.75, 3.05) is 6.54 Å². The van der Waals surface area contributed by atoms with Gasteiger partial charge in [-0.25, -0.2) is 0 Å². The topological polar surface area (TPSA) is 127 Å². The van der Waals surface area contributed by atoms with Crippen molar-refractivity contribution in [3.63, 3.8) is 0 Å². The highest BCUT2D eigenvalue weighted by Gasteiger charge is 2.13. The maximum absolute atomic E-state index is 10.5. The maximum Gasteiger partial charge on any atom is 0.320 e. The van der Waals surface area contributed by atoms with E-state index in [1.54, 1.807) is 0 Å². The summed E-state index contributed by atoms with van der Waals surface area (Å²) >= 11 is 0. The molecule has 0 aromatic rings.